The zero-order valence-corrected chi connectivity index (χ0v) is 13.5. The highest BCUT2D eigenvalue weighted by atomic mass is 16.6. The van der Waals surface area contributed by atoms with E-state index in [0.717, 1.165) is 6.42 Å². The normalized spacial score (nSPS) is 11.6. The van der Waals surface area contributed by atoms with Crippen LogP contribution in [-0.4, -0.2) is 43.8 Å². The molecule has 0 bridgehead atoms. The Morgan fingerprint density at radius 3 is 2.82 bits per heavy atom. The van der Waals surface area contributed by atoms with Crippen molar-refractivity contribution in [3.63, 3.8) is 0 Å². The lowest BCUT2D eigenvalue weighted by molar-refractivity contribution is -0.143. The van der Waals surface area contributed by atoms with E-state index >= 15 is 0 Å². The number of carbonyl (C=O) groups excluding carboxylic acids is 2. The van der Waals surface area contributed by atoms with Crippen molar-refractivity contribution in [2.24, 2.45) is 0 Å². The van der Waals surface area contributed by atoms with Crippen molar-refractivity contribution in [3.05, 3.63) is 23.9 Å². The molecule has 22 heavy (non-hydrogen) atoms. The van der Waals surface area contributed by atoms with Gasteiger partial charge >= 0.3 is 12.1 Å². The van der Waals surface area contributed by atoms with E-state index in [1.807, 2.05) is 13.8 Å². The number of hydrogen-bond acceptors (Lipinski definition) is 6. The van der Waals surface area contributed by atoms with E-state index in [1.165, 1.54) is 4.90 Å². The summed E-state index contributed by atoms with van der Waals surface area (Å²) >= 11 is 0. The van der Waals surface area contributed by atoms with Gasteiger partial charge in [0, 0.05) is 18.8 Å². The molecule has 1 aromatic rings. The molecule has 0 spiro atoms. The number of rotatable bonds is 7. The van der Waals surface area contributed by atoms with Crippen LogP contribution >= 0.6 is 0 Å². The topological polar surface area (TPSA) is 80.8 Å². The summed E-state index contributed by atoms with van der Waals surface area (Å²) < 4.78 is 10.4. The van der Waals surface area contributed by atoms with Gasteiger partial charge in [0.05, 0.1) is 6.54 Å². The fraction of sp³-hybridized carbons (Fsp3) is 0.533. The first kappa shape index (κ1) is 17.9. The predicted molar refractivity (Wildman–Crippen MR) is 82.6 cm³/mol. The molecular weight excluding hydrogens is 286 g/mol. The van der Waals surface area contributed by atoms with Gasteiger partial charge in [-0.15, -0.1) is 0 Å². The fourth-order valence-electron chi connectivity index (χ4n) is 1.62. The summed E-state index contributed by atoms with van der Waals surface area (Å²) in [5, 5.41) is 2.71. The molecule has 0 aliphatic carbocycles. The van der Waals surface area contributed by atoms with Crippen molar-refractivity contribution in [3.8, 4) is 0 Å². The van der Waals surface area contributed by atoms with Crippen LogP contribution in [0.5, 0.6) is 0 Å². The summed E-state index contributed by atoms with van der Waals surface area (Å²) in [6, 6.07) is 3.47. The van der Waals surface area contributed by atoms with Gasteiger partial charge in [0.2, 0.25) is 0 Å². The van der Waals surface area contributed by atoms with E-state index in [9.17, 15) is 9.59 Å². The molecule has 1 N–H and O–H groups in total. The second-order valence-corrected chi connectivity index (χ2v) is 4.84. The molecule has 0 fully saturated rings. The lowest BCUT2D eigenvalue weighted by Gasteiger charge is -2.21. The van der Waals surface area contributed by atoms with Crippen LogP contribution in [-0.2, 0) is 20.9 Å². The monoisotopic (exact) mass is 309 g/mol. The number of nitrogens with one attached hydrogen (secondary N) is 1. The quantitative estimate of drug-likeness (QED) is 0.772. The third-order valence-electron chi connectivity index (χ3n) is 3.05. The average molecular weight is 309 g/mol. The van der Waals surface area contributed by atoms with Gasteiger partial charge in [0.15, 0.2) is 0 Å². The van der Waals surface area contributed by atoms with Crippen LogP contribution in [0.25, 0.3) is 0 Å². The molecule has 1 rings (SSSR count). The van der Waals surface area contributed by atoms with Crippen LogP contribution in [0.1, 0.15) is 25.8 Å². The molecule has 0 aromatic carbocycles. The summed E-state index contributed by atoms with van der Waals surface area (Å²) in [7, 11) is 3.24. The number of amides is 1. The second-order valence-electron chi connectivity index (χ2n) is 4.84. The van der Waals surface area contributed by atoms with Crippen molar-refractivity contribution in [2.45, 2.75) is 33.0 Å². The number of anilines is 1. The Balaban J connectivity index is 2.77. The van der Waals surface area contributed by atoms with Crippen molar-refractivity contribution < 1.29 is 19.1 Å². The van der Waals surface area contributed by atoms with Gasteiger partial charge in [-0.25, -0.2) is 9.78 Å². The molecule has 0 saturated heterocycles. The largest absolute Gasteiger partial charge is 0.460 e. The predicted octanol–water partition coefficient (Wildman–Crippen LogP) is 1.72. The number of aromatic nitrogens is 1. The Morgan fingerprint density at radius 1 is 1.45 bits per heavy atom. The Bertz CT molecular complexity index is 507. The SMILES string of the molecule is CCC(C)OC(=O)N(C)c1ncccc1COC(=O)CNC. The van der Waals surface area contributed by atoms with Gasteiger partial charge in [-0.05, 0) is 26.5 Å². The highest BCUT2D eigenvalue weighted by Crippen LogP contribution is 2.18. The zero-order valence-electron chi connectivity index (χ0n) is 13.5. The smallest absolute Gasteiger partial charge is 0.415 e. The van der Waals surface area contributed by atoms with Gasteiger partial charge < -0.3 is 14.8 Å². The summed E-state index contributed by atoms with van der Waals surface area (Å²) in [4.78, 5) is 28.9. The van der Waals surface area contributed by atoms with Crippen molar-refractivity contribution in [2.75, 3.05) is 25.5 Å². The Morgan fingerprint density at radius 2 is 2.18 bits per heavy atom. The first-order valence-corrected chi connectivity index (χ1v) is 7.18. The molecule has 1 heterocycles. The summed E-state index contributed by atoms with van der Waals surface area (Å²) in [5.41, 5.74) is 0.635. The van der Waals surface area contributed by atoms with E-state index in [4.69, 9.17) is 9.47 Å². The second kappa shape index (κ2) is 8.99. The minimum atomic E-state index is -0.490. The van der Waals surface area contributed by atoms with Gasteiger partial charge in [-0.1, -0.05) is 13.0 Å². The maximum atomic E-state index is 12.1. The maximum absolute atomic E-state index is 12.1. The lowest BCUT2D eigenvalue weighted by Crippen LogP contribution is -2.31. The third-order valence-corrected chi connectivity index (χ3v) is 3.05. The molecule has 7 nitrogen and oxygen atoms in total. The maximum Gasteiger partial charge on any atom is 0.415 e. The molecule has 0 aliphatic heterocycles. The van der Waals surface area contributed by atoms with E-state index in [2.05, 4.69) is 10.3 Å². The molecule has 1 atom stereocenters. The number of esters is 1. The number of hydrogen-bond donors (Lipinski definition) is 1. The molecule has 1 unspecified atom stereocenters. The summed E-state index contributed by atoms with van der Waals surface area (Å²) in [6.45, 7) is 3.93. The number of pyridine rings is 1. The molecular formula is C15H23N3O4. The lowest BCUT2D eigenvalue weighted by atomic mass is 10.2. The highest BCUT2D eigenvalue weighted by Gasteiger charge is 2.19. The molecule has 0 aliphatic rings. The van der Waals surface area contributed by atoms with E-state index < -0.39 is 6.09 Å². The van der Waals surface area contributed by atoms with Crippen LogP contribution in [0.3, 0.4) is 0 Å². The van der Waals surface area contributed by atoms with Crippen LogP contribution < -0.4 is 10.2 Å². The van der Waals surface area contributed by atoms with Crippen LogP contribution in [0, 0.1) is 0 Å². The number of likely N-dealkylation sites (N-methyl/N-ethyl adjacent to an activating group) is 1. The summed E-state index contributed by atoms with van der Waals surface area (Å²) in [5.74, 6) is 0.0372. The molecule has 1 amide bonds. The van der Waals surface area contributed by atoms with Crippen molar-refractivity contribution in [1.82, 2.24) is 10.3 Å². The summed E-state index contributed by atoms with van der Waals surface area (Å²) in [6.07, 6.45) is 1.64. The van der Waals surface area contributed by atoms with Crippen LogP contribution in [0.15, 0.2) is 18.3 Å². The number of nitrogens with zero attached hydrogens (tertiary/aromatic N) is 2. The first-order valence-electron chi connectivity index (χ1n) is 7.18. The Kier molecular flexibility index (Phi) is 7.31. The van der Waals surface area contributed by atoms with Crippen LogP contribution in [0.2, 0.25) is 0 Å². The van der Waals surface area contributed by atoms with E-state index in [1.54, 1.807) is 32.4 Å². The number of ether oxygens (including phenoxy) is 2. The van der Waals surface area contributed by atoms with Gasteiger partial charge in [-0.3, -0.25) is 9.69 Å². The molecule has 0 saturated carbocycles. The molecule has 1 aromatic heterocycles. The average Bonchev–Trinajstić information content (AvgIpc) is 2.52. The fourth-order valence-corrected chi connectivity index (χ4v) is 1.62. The van der Waals surface area contributed by atoms with Gasteiger partial charge in [0.25, 0.3) is 0 Å². The van der Waals surface area contributed by atoms with E-state index in [-0.39, 0.29) is 25.2 Å². The molecule has 0 radical (unpaired) electrons. The zero-order chi connectivity index (χ0) is 16.5. The van der Waals surface area contributed by atoms with Crippen LogP contribution in [0.4, 0.5) is 10.6 Å². The highest BCUT2D eigenvalue weighted by molar-refractivity contribution is 5.86. The first-order chi connectivity index (χ1) is 10.5. The van der Waals surface area contributed by atoms with E-state index in [0.29, 0.717) is 11.4 Å². The number of carbonyl (C=O) groups is 2. The van der Waals surface area contributed by atoms with Crippen molar-refractivity contribution in [1.29, 1.82) is 0 Å². The van der Waals surface area contributed by atoms with Crippen molar-refractivity contribution >= 4 is 17.9 Å². The molecule has 7 heteroatoms. The van der Waals surface area contributed by atoms with Gasteiger partial charge in [-0.2, -0.15) is 0 Å². The Labute approximate surface area is 130 Å². The molecule has 122 valence electrons. The standard InChI is InChI=1S/C15H23N3O4/c1-5-11(2)22-15(20)18(4)14-12(7-6-8-17-14)10-21-13(19)9-16-3/h6-8,11,16H,5,9-10H2,1-4H3. The minimum absolute atomic E-state index is 0.0463. The van der Waals surface area contributed by atoms with Gasteiger partial charge in [0.1, 0.15) is 18.5 Å². The Hall–Kier alpha value is -2.15. The third kappa shape index (κ3) is 5.33. The minimum Gasteiger partial charge on any atom is -0.460 e.